The molecule has 0 aliphatic rings. The Bertz CT molecular complexity index is 675. The lowest BCUT2D eigenvalue weighted by Crippen LogP contribution is -2.35. The van der Waals surface area contributed by atoms with E-state index in [1.54, 1.807) is 35.5 Å². The SMILES string of the molecule is CC(C)CN(CCC#N)C(=O)c1ccc2nccnc2c1. The van der Waals surface area contributed by atoms with Crippen molar-refractivity contribution in [2.45, 2.75) is 20.3 Å². The van der Waals surface area contributed by atoms with Gasteiger partial charge in [-0.15, -0.1) is 0 Å². The number of carbonyl (C=O) groups is 1. The fourth-order valence-corrected chi connectivity index (χ4v) is 2.18. The third-order valence-corrected chi connectivity index (χ3v) is 3.08. The second-order valence-electron chi connectivity index (χ2n) is 5.31. The van der Waals surface area contributed by atoms with Crippen molar-refractivity contribution in [3.05, 3.63) is 36.2 Å². The minimum Gasteiger partial charge on any atom is -0.337 e. The summed E-state index contributed by atoms with van der Waals surface area (Å²) in [6, 6.07) is 7.41. The van der Waals surface area contributed by atoms with E-state index in [-0.39, 0.29) is 5.91 Å². The molecule has 0 aliphatic heterocycles. The van der Waals surface area contributed by atoms with Gasteiger partial charge in [0.2, 0.25) is 0 Å². The van der Waals surface area contributed by atoms with Crippen LogP contribution in [0.4, 0.5) is 0 Å². The van der Waals surface area contributed by atoms with Gasteiger partial charge in [0, 0.05) is 31.0 Å². The van der Waals surface area contributed by atoms with Crippen molar-refractivity contribution < 1.29 is 4.79 Å². The van der Waals surface area contributed by atoms with E-state index in [4.69, 9.17) is 5.26 Å². The third kappa shape index (κ3) is 3.76. The number of amides is 1. The highest BCUT2D eigenvalue weighted by Crippen LogP contribution is 2.14. The van der Waals surface area contributed by atoms with E-state index in [9.17, 15) is 4.79 Å². The summed E-state index contributed by atoms with van der Waals surface area (Å²) >= 11 is 0. The summed E-state index contributed by atoms with van der Waals surface area (Å²) in [5.41, 5.74) is 2.05. The number of hydrogen-bond acceptors (Lipinski definition) is 4. The molecule has 0 aliphatic carbocycles. The average molecular weight is 282 g/mol. The minimum absolute atomic E-state index is 0.0634. The van der Waals surface area contributed by atoms with Gasteiger partial charge in [-0.1, -0.05) is 13.8 Å². The van der Waals surface area contributed by atoms with Gasteiger partial charge in [-0.3, -0.25) is 14.8 Å². The Kier molecular flexibility index (Phi) is 4.83. The number of rotatable bonds is 5. The van der Waals surface area contributed by atoms with Crippen LogP contribution >= 0.6 is 0 Å². The first-order valence-corrected chi connectivity index (χ1v) is 6.99. The van der Waals surface area contributed by atoms with E-state index in [1.165, 1.54) is 0 Å². The van der Waals surface area contributed by atoms with Crippen LogP contribution in [0, 0.1) is 17.2 Å². The van der Waals surface area contributed by atoms with Crippen LogP contribution in [0.15, 0.2) is 30.6 Å². The van der Waals surface area contributed by atoms with Gasteiger partial charge in [0.15, 0.2) is 0 Å². The van der Waals surface area contributed by atoms with Crippen LogP contribution in [0.3, 0.4) is 0 Å². The fraction of sp³-hybridized carbons (Fsp3) is 0.375. The molecule has 5 heteroatoms. The fourth-order valence-electron chi connectivity index (χ4n) is 2.18. The maximum Gasteiger partial charge on any atom is 0.253 e. The summed E-state index contributed by atoms with van der Waals surface area (Å²) in [5.74, 6) is 0.291. The van der Waals surface area contributed by atoms with E-state index in [1.807, 2.05) is 0 Å². The standard InChI is InChI=1S/C16H18N4O/c1-12(2)11-20(9-3-6-17)16(21)13-4-5-14-15(10-13)19-8-7-18-14/h4-5,7-8,10,12H,3,9,11H2,1-2H3. The van der Waals surface area contributed by atoms with Crippen molar-refractivity contribution in [3.63, 3.8) is 0 Å². The Balaban J connectivity index is 2.26. The quantitative estimate of drug-likeness (QED) is 0.845. The summed E-state index contributed by atoms with van der Waals surface area (Å²) in [6.07, 6.45) is 3.58. The predicted octanol–water partition coefficient (Wildman–Crippen LogP) is 2.64. The molecule has 5 nitrogen and oxygen atoms in total. The Labute approximate surface area is 124 Å². The number of hydrogen-bond donors (Lipinski definition) is 0. The predicted molar refractivity (Wildman–Crippen MR) is 80.5 cm³/mol. The molecule has 0 bridgehead atoms. The molecule has 0 N–H and O–H groups in total. The van der Waals surface area contributed by atoms with Crippen LogP contribution in [0.1, 0.15) is 30.6 Å². The molecule has 1 aromatic heterocycles. The minimum atomic E-state index is -0.0634. The van der Waals surface area contributed by atoms with Gasteiger partial charge in [0.1, 0.15) is 0 Å². The molecule has 2 aromatic rings. The van der Waals surface area contributed by atoms with Crippen molar-refractivity contribution in [3.8, 4) is 6.07 Å². The molecule has 0 unspecified atom stereocenters. The van der Waals surface area contributed by atoms with Gasteiger partial charge in [-0.2, -0.15) is 5.26 Å². The second-order valence-corrected chi connectivity index (χ2v) is 5.31. The van der Waals surface area contributed by atoms with Crippen molar-refractivity contribution in [2.75, 3.05) is 13.1 Å². The largest absolute Gasteiger partial charge is 0.337 e. The van der Waals surface area contributed by atoms with Gasteiger partial charge in [-0.25, -0.2) is 0 Å². The van der Waals surface area contributed by atoms with E-state index >= 15 is 0 Å². The zero-order chi connectivity index (χ0) is 15.2. The molecule has 1 aromatic carbocycles. The van der Waals surface area contributed by atoms with Crippen molar-refractivity contribution in [1.82, 2.24) is 14.9 Å². The molecule has 1 heterocycles. The first-order valence-electron chi connectivity index (χ1n) is 6.99. The van der Waals surface area contributed by atoms with E-state index in [0.717, 1.165) is 5.52 Å². The molecular weight excluding hydrogens is 264 g/mol. The highest BCUT2D eigenvalue weighted by Gasteiger charge is 2.17. The molecule has 0 saturated carbocycles. The molecule has 0 fully saturated rings. The Hall–Kier alpha value is -2.48. The molecule has 0 radical (unpaired) electrons. The normalized spacial score (nSPS) is 10.6. The molecule has 21 heavy (non-hydrogen) atoms. The lowest BCUT2D eigenvalue weighted by Gasteiger charge is -2.23. The number of nitriles is 1. The molecule has 0 atom stereocenters. The van der Waals surface area contributed by atoms with Crippen LogP contribution in [-0.2, 0) is 0 Å². The van der Waals surface area contributed by atoms with Crippen molar-refractivity contribution in [1.29, 1.82) is 5.26 Å². The Morgan fingerprint density at radius 1 is 1.29 bits per heavy atom. The monoisotopic (exact) mass is 282 g/mol. The summed E-state index contributed by atoms with van der Waals surface area (Å²) in [7, 11) is 0. The number of carbonyl (C=O) groups excluding carboxylic acids is 1. The van der Waals surface area contributed by atoms with Gasteiger partial charge >= 0.3 is 0 Å². The van der Waals surface area contributed by atoms with Gasteiger partial charge < -0.3 is 4.90 Å². The summed E-state index contributed by atoms with van der Waals surface area (Å²) in [6.45, 7) is 5.20. The van der Waals surface area contributed by atoms with Crippen LogP contribution in [0.2, 0.25) is 0 Å². The van der Waals surface area contributed by atoms with Crippen LogP contribution < -0.4 is 0 Å². The zero-order valence-electron chi connectivity index (χ0n) is 12.3. The summed E-state index contributed by atoms with van der Waals surface area (Å²) < 4.78 is 0. The Morgan fingerprint density at radius 2 is 2.00 bits per heavy atom. The van der Waals surface area contributed by atoms with E-state index in [2.05, 4.69) is 29.9 Å². The summed E-state index contributed by atoms with van der Waals surface area (Å²) in [4.78, 5) is 22.7. The molecule has 0 saturated heterocycles. The number of fused-ring (bicyclic) bond motifs is 1. The van der Waals surface area contributed by atoms with Crippen molar-refractivity contribution >= 4 is 16.9 Å². The first kappa shape index (κ1) is 14.9. The molecule has 108 valence electrons. The molecular formula is C16H18N4O. The molecule has 0 spiro atoms. The second kappa shape index (κ2) is 6.80. The third-order valence-electron chi connectivity index (χ3n) is 3.08. The van der Waals surface area contributed by atoms with E-state index < -0.39 is 0 Å². The lowest BCUT2D eigenvalue weighted by molar-refractivity contribution is 0.0740. The van der Waals surface area contributed by atoms with E-state index in [0.29, 0.717) is 36.5 Å². The number of aromatic nitrogens is 2. The zero-order valence-corrected chi connectivity index (χ0v) is 12.3. The highest BCUT2D eigenvalue weighted by atomic mass is 16.2. The van der Waals surface area contributed by atoms with Crippen LogP contribution in [0.5, 0.6) is 0 Å². The smallest absolute Gasteiger partial charge is 0.253 e. The topological polar surface area (TPSA) is 69.9 Å². The average Bonchev–Trinajstić information content (AvgIpc) is 2.50. The lowest BCUT2D eigenvalue weighted by atomic mass is 10.1. The maximum atomic E-state index is 12.6. The van der Waals surface area contributed by atoms with Crippen LogP contribution in [-0.4, -0.2) is 33.9 Å². The van der Waals surface area contributed by atoms with Crippen LogP contribution in [0.25, 0.3) is 11.0 Å². The highest BCUT2D eigenvalue weighted by molar-refractivity contribution is 5.97. The summed E-state index contributed by atoms with van der Waals surface area (Å²) in [5, 5.41) is 8.74. The van der Waals surface area contributed by atoms with Crippen molar-refractivity contribution in [2.24, 2.45) is 5.92 Å². The first-order chi connectivity index (χ1) is 10.1. The number of nitrogens with zero attached hydrogens (tertiary/aromatic N) is 4. The Morgan fingerprint density at radius 3 is 2.67 bits per heavy atom. The molecule has 1 amide bonds. The maximum absolute atomic E-state index is 12.6. The molecule has 2 rings (SSSR count). The van der Waals surface area contributed by atoms with Gasteiger partial charge in [0.25, 0.3) is 5.91 Å². The van der Waals surface area contributed by atoms with Gasteiger partial charge in [0.05, 0.1) is 23.5 Å². The number of benzene rings is 1. The van der Waals surface area contributed by atoms with Gasteiger partial charge in [-0.05, 0) is 24.1 Å².